The van der Waals surface area contributed by atoms with Crippen molar-refractivity contribution in [1.29, 1.82) is 0 Å². The zero-order chi connectivity index (χ0) is 10.0. The minimum absolute atomic E-state index is 0.430. The minimum Gasteiger partial charge on any atom is -0.488 e. The normalized spacial score (nSPS) is 9.62. The van der Waals surface area contributed by atoms with Gasteiger partial charge in [0.25, 0.3) is 11.4 Å². The Morgan fingerprint density at radius 1 is 1.62 bits per heavy atom. The molecule has 0 bridgehead atoms. The van der Waals surface area contributed by atoms with Crippen molar-refractivity contribution >= 4 is 13.3 Å². The van der Waals surface area contributed by atoms with E-state index >= 15 is 0 Å². The van der Waals surface area contributed by atoms with Crippen molar-refractivity contribution in [3.8, 4) is 0 Å². The van der Waals surface area contributed by atoms with Crippen LogP contribution in [0.15, 0.2) is 15.8 Å². The molecule has 0 aliphatic carbocycles. The van der Waals surface area contributed by atoms with Gasteiger partial charge in [0.2, 0.25) is 5.82 Å². The first-order chi connectivity index (χ1) is 6.00. The van der Waals surface area contributed by atoms with Crippen LogP contribution in [0.25, 0.3) is 0 Å². The monoisotopic (exact) mass is 185 g/mol. The molecular formula is C5H3BFN2O4. The summed E-state index contributed by atoms with van der Waals surface area (Å²) in [5, 5.41) is 8.22. The van der Waals surface area contributed by atoms with E-state index in [1.165, 1.54) is 0 Å². The molecule has 0 atom stereocenters. The maximum Gasteiger partial charge on any atom is 0.401 e. The second kappa shape index (κ2) is 3.25. The van der Waals surface area contributed by atoms with E-state index in [9.17, 15) is 18.8 Å². The molecule has 0 unspecified atom stereocenters. The van der Waals surface area contributed by atoms with Crippen LogP contribution in [0.4, 0.5) is 9.18 Å². The van der Waals surface area contributed by atoms with Crippen LogP contribution in [-0.2, 0) is 0 Å². The topological polar surface area (TPSA) is 92.2 Å². The molecule has 1 aromatic rings. The third kappa shape index (κ3) is 2.04. The van der Waals surface area contributed by atoms with Crippen molar-refractivity contribution in [1.82, 2.24) is 9.46 Å². The standard InChI is InChI=1S/C5H3BFN2O4/c7-2-1-9(6-4(11)12)5(13)8-3(2)10/h1H,(H,11,12)(H,8,10,13). The molecule has 1 radical (unpaired) electrons. The smallest absolute Gasteiger partial charge is 0.401 e. The highest BCUT2D eigenvalue weighted by Gasteiger charge is 2.09. The Kier molecular flexibility index (Phi) is 2.31. The molecule has 0 spiro atoms. The molecular weight excluding hydrogens is 182 g/mol. The second-order valence-electron chi connectivity index (χ2n) is 2.11. The molecule has 0 aromatic carbocycles. The van der Waals surface area contributed by atoms with E-state index in [4.69, 9.17) is 5.11 Å². The number of aromatic nitrogens is 2. The fraction of sp³-hybridized carbons (Fsp3) is 0. The van der Waals surface area contributed by atoms with Crippen molar-refractivity contribution in [3.63, 3.8) is 0 Å². The van der Waals surface area contributed by atoms with Crippen LogP contribution in [-0.4, -0.2) is 27.9 Å². The van der Waals surface area contributed by atoms with E-state index in [0.717, 1.165) is 0 Å². The van der Waals surface area contributed by atoms with Crippen LogP contribution in [0.5, 0.6) is 0 Å². The molecule has 13 heavy (non-hydrogen) atoms. The Morgan fingerprint density at radius 2 is 2.23 bits per heavy atom. The molecule has 6 nitrogen and oxygen atoms in total. The minimum atomic E-state index is -1.42. The number of halogens is 1. The molecule has 1 aromatic heterocycles. The van der Waals surface area contributed by atoms with Crippen LogP contribution >= 0.6 is 0 Å². The molecule has 1 rings (SSSR count). The lowest BCUT2D eigenvalue weighted by molar-refractivity contribution is 0.219. The first kappa shape index (κ1) is 9.23. The molecule has 0 aliphatic rings. The molecule has 8 heteroatoms. The molecule has 0 fully saturated rings. The van der Waals surface area contributed by atoms with Crippen molar-refractivity contribution in [3.05, 3.63) is 32.9 Å². The lowest BCUT2D eigenvalue weighted by Gasteiger charge is -1.97. The number of rotatable bonds is 2. The molecule has 1 heterocycles. The number of hydrogen-bond donors (Lipinski definition) is 2. The number of hydrogen-bond acceptors (Lipinski definition) is 3. The number of carbonyl (C=O) groups is 1. The van der Waals surface area contributed by atoms with Gasteiger partial charge in [0, 0.05) is 6.20 Å². The van der Waals surface area contributed by atoms with Crippen molar-refractivity contribution in [2.24, 2.45) is 0 Å². The van der Waals surface area contributed by atoms with Gasteiger partial charge in [-0.3, -0.25) is 14.6 Å². The summed E-state index contributed by atoms with van der Waals surface area (Å²) in [5.41, 5.74) is -2.19. The number of aromatic amines is 1. The van der Waals surface area contributed by atoms with Crippen LogP contribution < -0.4 is 11.2 Å². The lowest BCUT2D eigenvalue weighted by atomic mass is 9.95. The first-order valence-electron chi connectivity index (χ1n) is 3.09. The Balaban J connectivity index is 3.24. The average molecular weight is 185 g/mol. The summed E-state index contributed by atoms with van der Waals surface area (Å²) in [7, 11) is 0.432. The highest BCUT2D eigenvalue weighted by Crippen LogP contribution is 1.81. The van der Waals surface area contributed by atoms with Gasteiger partial charge in [0.15, 0.2) is 0 Å². The zero-order valence-electron chi connectivity index (χ0n) is 6.15. The Morgan fingerprint density at radius 3 is 2.77 bits per heavy atom. The molecule has 67 valence electrons. The van der Waals surface area contributed by atoms with Gasteiger partial charge in [-0.1, -0.05) is 0 Å². The van der Waals surface area contributed by atoms with E-state index in [-0.39, 0.29) is 0 Å². The van der Waals surface area contributed by atoms with Crippen LogP contribution in [0.3, 0.4) is 0 Å². The van der Waals surface area contributed by atoms with E-state index in [1.807, 2.05) is 0 Å². The van der Waals surface area contributed by atoms with Crippen LogP contribution in [0.2, 0.25) is 0 Å². The lowest BCUT2D eigenvalue weighted by Crippen LogP contribution is -2.36. The third-order valence-electron chi connectivity index (χ3n) is 1.17. The summed E-state index contributed by atoms with van der Waals surface area (Å²) >= 11 is 0. The molecule has 0 amide bonds. The van der Waals surface area contributed by atoms with Gasteiger partial charge in [0.05, 0.1) is 0 Å². The number of H-pyrrole nitrogens is 1. The van der Waals surface area contributed by atoms with Crippen molar-refractivity contribution < 1.29 is 14.3 Å². The molecule has 0 saturated heterocycles. The van der Waals surface area contributed by atoms with Gasteiger partial charge in [-0.25, -0.2) is 4.79 Å². The summed E-state index contributed by atoms with van der Waals surface area (Å²) < 4.78 is 12.9. The zero-order valence-corrected chi connectivity index (χ0v) is 6.15. The van der Waals surface area contributed by atoms with Crippen molar-refractivity contribution in [2.75, 3.05) is 0 Å². The SMILES string of the molecule is O=C(O)[B]n1cc(F)c(=O)[nH]c1=O. The fourth-order valence-electron chi connectivity index (χ4n) is 0.676. The largest absolute Gasteiger partial charge is 0.488 e. The highest BCUT2D eigenvalue weighted by atomic mass is 19.1. The van der Waals surface area contributed by atoms with Gasteiger partial charge in [0.1, 0.15) is 0 Å². The summed E-state index contributed by atoms with van der Waals surface area (Å²) in [6.45, 7) is 0. The number of carboxylic acid groups (broad SMARTS) is 1. The summed E-state index contributed by atoms with van der Waals surface area (Å²) in [6.07, 6.45) is 0.495. The summed E-state index contributed by atoms with van der Waals surface area (Å²) in [6, 6.07) is 0. The Labute approximate surface area is 70.9 Å². The first-order valence-corrected chi connectivity index (χ1v) is 3.09. The fourth-order valence-corrected chi connectivity index (χ4v) is 0.676. The Bertz CT molecular complexity index is 451. The third-order valence-corrected chi connectivity index (χ3v) is 1.17. The second-order valence-corrected chi connectivity index (χ2v) is 2.11. The molecule has 0 aliphatic heterocycles. The summed E-state index contributed by atoms with van der Waals surface area (Å²) in [4.78, 5) is 32.9. The molecule has 2 N–H and O–H groups in total. The maximum absolute atomic E-state index is 12.5. The van der Waals surface area contributed by atoms with Gasteiger partial charge in [-0.2, -0.15) is 4.39 Å². The van der Waals surface area contributed by atoms with E-state index in [2.05, 4.69) is 0 Å². The highest BCUT2D eigenvalue weighted by molar-refractivity contribution is 6.70. The number of nitrogens with one attached hydrogen (secondary N) is 1. The van der Waals surface area contributed by atoms with Crippen LogP contribution in [0, 0.1) is 5.82 Å². The maximum atomic E-state index is 12.5. The van der Waals surface area contributed by atoms with Crippen LogP contribution in [0.1, 0.15) is 0 Å². The molecule has 0 saturated carbocycles. The van der Waals surface area contributed by atoms with Crippen molar-refractivity contribution in [2.45, 2.75) is 0 Å². The Hall–Kier alpha value is -1.86. The van der Waals surface area contributed by atoms with Gasteiger partial charge in [-0.05, 0) is 0 Å². The van der Waals surface area contributed by atoms with E-state index in [0.29, 0.717) is 18.1 Å². The number of nitrogens with zero attached hydrogens (tertiary/aromatic N) is 1. The van der Waals surface area contributed by atoms with Gasteiger partial charge >= 0.3 is 13.1 Å². The van der Waals surface area contributed by atoms with E-state index < -0.39 is 22.9 Å². The predicted octanol–water partition coefficient (Wildman–Crippen LogP) is -1.18. The van der Waals surface area contributed by atoms with E-state index in [1.54, 1.807) is 4.98 Å². The van der Waals surface area contributed by atoms with Gasteiger partial charge < -0.3 is 9.58 Å². The quantitative estimate of drug-likeness (QED) is 0.567. The predicted molar refractivity (Wildman–Crippen MR) is 40.5 cm³/mol. The van der Waals surface area contributed by atoms with Gasteiger partial charge in [-0.15, -0.1) is 0 Å². The summed E-state index contributed by atoms with van der Waals surface area (Å²) in [5.74, 6) is -2.65. The average Bonchev–Trinajstić information content (AvgIpc) is 1.99.